The molecule has 1 heterocycles. The number of hydrogen-bond acceptors (Lipinski definition) is 3. The van der Waals surface area contributed by atoms with Gasteiger partial charge in [-0.25, -0.2) is 0 Å². The van der Waals surface area contributed by atoms with Crippen molar-refractivity contribution in [2.24, 2.45) is 0 Å². The molecule has 1 aromatic heterocycles. The number of ether oxygens (including phenoxy) is 1. The number of fused-ring (bicyclic) bond motifs is 1. The molecule has 0 aliphatic rings. The highest BCUT2D eigenvalue weighted by Crippen LogP contribution is 2.31. The molecule has 2 nitrogen and oxygen atoms in total. The lowest BCUT2D eigenvalue weighted by Crippen LogP contribution is -2.12. The Kier molecular flexibility index (Phi) is 5.58. The average molecular weight is 275 g/mol. The van der Waals surface area contributed by atoms with Gasteiger partial charge < -0.3 is 10.1 Å². The topological polar surface area (TPSA) is 21.3 Å². The first kappa shape index (κ1) is 14.3. The van der Waals surface area contributed by atoms with Gasteiger partial charge in [0.05, 0.1) is 13.2 Å². The van der Waals surface area contributed by atoms with E-state index in [1.165, 1.54) is 20.5 Å². The monoisotopic (exact) mass is 275 g/mol. The minimum atomic E-state index is 0.682. The van der Waals surface area contributed by atoms with Crippen LogP contribution < -0.4 is 5.32 Å². The molecule has 0 fully saturated rings. The molecule has 0 spiro atoms. The summed E-state index contributed by atoms with van der Waals surface area (Å²) in [5.41, 5.74) is 1.34. The summed E-state index contributed by atoms with van der Waals surface area (Å²) in [6.45, 7) is 7.44. The van der Waals surface area contributed by atoms with E-state index in [4.69, 9.17) is 4.74 Å². The molecule has 0 unspecified atom stereocenters. The van der Waals surface area contributed by atoms with Crippen molar-refractivity contribution in [1.29, 1.82) is 0 Å². The van der Waals surface area contributed by atoms with Gasteiger partial charge in [-0.15, -0.1) is 11.3 Å². The summed E-state index contributed by atoms with van der Waals surface area (Å²) in [5, 5.41) is 4.74. The van der Waals surface area contributed by atoms with Crippen LogP contribution in [-0.4, -0.2) is 13.2 Å². The second kappa shape index (κ2) is 7.43. The van der Waals surface area contributed by atoms with E-state index in [0.29, 0.717) is 13.2 Å². The smallest absolute Gasteiger partial charge is 0.0738 e. The van der Waals surface area contributed by atoms with Crippen molar-refractivity contribution in [1.82, 2.24) is 5.32 Å². The Morgan fingerprint density at radius 1 is 1.32 bits per heavy atom. The van der Waals surface area contributed by atoms with Crippen LogP contribution in [0.15, 0.2) is 36.4 Å². The lowest BCUT2D eigenvalue weighted by atomic mass is 10.1. The lowest BCUT2D eigenvalue weighted by Gasteiger charge is -2.05. The Hall–Kier alpha value is -1.16. The predicted molar refractivity (Wildman–Crippen MR) is 83.7 cm³/mol. The summed E-state index contributed by atoms with van der Waals surface area (Å²) < 4.78 is 7.09. The summed E-state index contributed by atoms with van der Waals surface area (Å²) in [5.74, 6) is 0. The van der Waals surface area contributed by atoms with Crippen LogP contribution >= 0.6 is 11.3 Å². The molecule has 3 heteroatoms. The van der Waals surface area contributed by atoms with E-state index in [2.05, 4.69) is 36.5 Å². The summed E-state index contributed by atoms with van der Waals surface area (Å²) in [6.07, 6.45) is 4.06. The molecule has 0 bridgehead atoms. The largest absolute Gasteiger partial charge is 0.373 e. The van der Waals surface area contributed by atoms with Gasteiger partial charge in [0.2, 0.25) is 0 Å². The maximum absolute atomic E-state index is 5.74. The quantitative estimate of drug-likeness (QED) is 0.606. The Balaban J connectivity index is 2.20. The Morgan fingerprint density at radius 2 is 2.16 bits per heavy atom. The minimum absolute atomic E-state index is 0.682. The highest BCUT2D eigenvalue weighted by Gasteiger charge is 2.11. The molecule has 102 valence electrons. The van der Waals surface area contributed by atoms with Crippen molar-refractivity contribution in [3.8, 4) is 0 Å². The minimum Gasteiger partial charge on any atom is -0.373 e. The number of rotatable bonds is 7. The first-order valence-corrected chi connectivity index (χ1v) is 7.57. The first-order chi connectivity index (χ1) is 9.36. The van der Waals surface area contributed by atoms with Crippen LogP contribution in [0.3, 0.4) is 0 Å². The molecule has 1 aromatic carbocycles. The van der Waals surface area contributed by atoms with Crippen molar-refractivity contribution >= 4 is 21.4 Å². The van der Waals surface area contributed by atoms with E-state index in [0.717, 1.165) is 13.1 Å². The molecule has 19 heavy (non-hydrogen) atoms. The Bertz CT molecular complexity index is 545. The Labute approximate surface area is 119 Å². The van der Waals surface area contributed by atoms with Gasteiger partial charge in [-0.1, -0.05) is 37.3 Å². The van der Waals surface area contributed by atoms with Gasteiger partial charge in [-0.05, 0) is 24.9 Å². The third-order valence-corrected chi connectivity index (χ3v) is 4.23. The van der Waals surface area contributed by atoms with E-state index in [1.807, 2.05) is 30.4 Å². The third-order valence-electron chi connectivity index (χ3n) is 3.01. The van der Waals surface area contributed by atoms with Crippen LogP contribution in [0.25, 0.3) is 10.1 Å². The molecule has 0 saturated heterocycles. The highest BCUT2D eigenvalue weighted by molar-refractivity contribution is 7.19. The zero-order valence-electron chi connectivity index (χ0n) is 11.6. The van der Waals surface area contributed by atoms with Gasteiger partial charge in [-0.3, -0.25) is 0 Å². The van der Waals surface area contributed by atoms with Crippen LogP contribution in [0, 0.1) is 0 Å². The van der Waals surface area contributed by atoms with Gasteiger partial charge in [0.25, 0.3) is 0 Å². The molecular weight excluding hydrogens is 254 g/mol. The molecule has 0 atom stereocenters. The molecule has 0 amide bonds. The number of nitrogens with one attached hydrogen (secondary N) is 1. The van der Waals surface area contributed by atoms with Crippen molar-refractivity contribution < 1.29 is 4.74 Å². The SMILES string of the molecule is C/C=C/COCc1c(CNCC)sc2ccccc12. The molecule has 2 aromatic rings. The summed E-state index contributed by atoms with van der Waals surface area (Å²) >= 11 is 1.87. The van der Waals surface area contributed by atoms with Crippen molar-refractivity contribution in [3.63, 3.8) is 0 Å². The maximum Gasteiger partial charge on any atom is 0.0738 e. The zero-order valence-corrected chi connectivity index (χ0v) is 12.4. The number of hydrogen-bond donors (Lipinski definition) is 1. The molecule has 0 radical (unpaired) electrons. The van der Waals surface area contributed by atoms with Crippen LogP contribution in [0.2, 0.25) is 0 Å². The van der Waals surface area contributed by atoms with Crippen molar-refractivity contribution in [2.45, 2.75) is 27.0 Å². The molecule has 2 rings (SSSR count). The number of benzene rings is 1. The first-order valence-electron chi connectivity index (χ1n) is 6.75. The van der Waals surface area contributed by atoms with E-state index in [-0.39, 0.29) is 0 Å². The normalized spacial score (nSPS) is 11.7. The molecule has 0 saturated carbocycles. The predicted octanol–water partition coefficient (Wildman–Crippen LogP) is 4.10. The van der Waals surface area contributed by atoms with Gasteiger partial charge in [0.15, 0.2) is 0 Å². The van der Waals surface area contributed by atoms with Crippen molar-refractivity contribution in [3.05, 3.63) is 46.9 Å². The fourth-order valence-electron chi connectivity index (χ4n) is 2.01. The number of thiophene rings is 1. The third kappa shape index (κ3) is 3.66. The second-order valence-corrected chi connectivity index (χ2v) is 5.50. The number of allylic oxidation sites excluding steroid dienone is 1. The fraction of sp³-hybridized carbons (Fsp3) is 0.375. The highest BCUT2D eigenvalue weighted by atomic mass is 32.1. The lowest BCUT2D eigenvalue weighted by molar-refractivity contribution is 0.149. The van der Waals surface area contributed by atoms with E-state index < -0.39 is 0 Å². The Morgan fingerprint density at radius 3 is 2.95 bits per heavy atom. The van der Waals surface area contributed by atoms with Crippen molar-refractivity contribution in [2.75, 3.05) is 13.2 Å². The fourth-order valence-corrected chi connectivity index (χ4v) is 3.19. The molecule has 1 N–H and O–H groups in total. The zero-order chi connectivity index (χ0) is 13.5. The molecule has 0 aliphatic heterocycles. The summed E-state index contributed by atoms with van der Waals surface area (Å²) in [7, 11) is 0. The van der Waals surface area contributed by atoms with Gasteiger partial charge >= 0.3 is 0 Å². The average Bonchev–Trinajstić information content (AvgIpc) is 2.79. The summed E-state index contributed by atoms with van der Waals surface area (Å²) in [4.78, 5) is 1.39. The maximum atomic E-state index is 5.74. The summed E-state index contributed by atoms with van der Waals surface area (Å²) in [6, 6.07) is 8.57. The van der Waals surface area contributed by atoms with Gasteiger partial charge in [0, 0.05) is 21.7 Å². The van der Waals surface area contributed by atoms with Crippen LogP contribution in [0.4, 0.5) is 0 Å². The van der Waals surface area contributed by atoms with E-state index >= 15 is 0 Å². The van der Waals surface area contributed by atoms with Crippen LogP contribution in [0.5, 0.6) is 0 Å². The molecule has 0 aliphatic carbocycles. The van der Waals surface area contributed by atoms with E-state index in [1.54, 1.807) is 0 Å². The van der Waals surface area contributed by atoms with Gasteiger partial charge in [-0.2, -0.15) is 0 Å². The van der Waals surface area contributed by atoms with Crippen LogP contribution in [0.1, 0.15) is 24.3 Å². The van der Waals surface area contributed by atoms with Gasteiger partial charge in [0.1, 0.15) is 0 Å². The van der Waals surface area contributed by atoms with E-state index in [9.17, 15) is 0 Å². The molecular formula is C16H21NOS. The van der Waals surface area contributed by atoms with Crippen LogP contribution in [-0.2, 0) is 17.9 Å². The second-order valence-electron chi connectivity index (χ2n) is 4.36. The standard InChI is InChI=1S/C16H21NOS/c1-3-5-10-18-12-14-13-8-6-7-9-15(13)19-16(14)11-17-4-2/h3,5-9,17H,4,10-12H2,1-2H3/b5-3+.